The molecule has 2 aliphatic rings. The van der Waals surface area contributed by atoms with Crippen molar-refractivity contribution in [2.45, 2.75) is 36.5 Å². The maximum Gasteiger partial charge on any atom is 0.217 e. The maximum atomic E-state index is 2.50. The number of anilines is 1. The van der Waals surface area contributed by atoms with E-state index in [2.05, 4.69) is 236 Å². The van der Waals surface area contributed by atoms with Crippen LogP contribution < -0.4 is 4.90 Å². The van der Waals surface area contributed by atoms with Crippen molar-refractivity contribution in [3.8, 4) is 0 Å². The minimum atomic E-state index is -0.325. The molecule has 0 radical (unpaired) electrons. The van der Waals surface area contributed by atoms with E-state index >= 15 is 0 Å². The first-order valence-electron chi connectivity index (χ1n) is 21.0. The summed E-state index contributed by atoms with van der Waals surface area (Å²) in [6.07, 6.45) is 10.8. The lowest BCUT2D eigenvalue weighted by Crippen LogP contribution is -2.39. The van der Waals surface area contributed by atoms with E-state index in [-0.39, 0.29) is 10.8 Å². The Labute approximate surface area is 348 Å². The Hall–Kier alpha value is -6.77. The molecule has 0 spiro atoms. The fraction of sp³-hybridized carbons (Fsp3) is 0.140. The summed E-state index contributed by atoms with van der Waals surface area (Å²) in [5, 5.41) is 5.17. The molecular formula is C57H49N2+. The van der Waals surface area contributed by atoms with Crippen LogP contribution in [0.1, 0.15) is 33.4 Å². The minimum Gasteiger partial charge on any atom is -0.347 e. The molecule has 0 unspecified atom stereocenters. The van der Waals surface area contributed by atoms with Crippen molar-refractivity contribution in [1.29, 1.82) is 0 Å². The van der Waals surface area contributed by atoms with Crippen LogP contribution in [0.2, 0.25) is 0 Å². The van der Waals surface area contributed by atoms with Crippen LogP contribution in [-0.4, -0.2) is 24.4 Å². The summed E-state index contributed by atoms with van der Waals surface area (Å²) in [5.74, 6) is 0. The third-order valence-corrected chi connectivity index (χ3v) is 13.1. The van der Waals surface area contributed by atoms with Crippen LogP contribution in [0, 0.1) is 0 Å². The van der Waals surface area contributed by atoms with Gasteiger partial charge in [-0.3, -0.25) is 0 Å². The number of rotatable bonds is 10. The zero-order chi connectivity index (χ0) is 39.8. The number of fused-ring (bicyclic) bond motifs is 6. The van der Waals surface area contributed by atoms with Gasteiger partial charge in [0.05, 0.1) is 10.8 Å². The zero-order valence-electron chi connectivity index (χ0n) is 33.9. The number of allylic oxidation sites excluding steroid dienone is 4. The van der Waals surface area contributed by atoms with E-state index in [4.69, 9.17) is 0 Å². The first kappa shape index (κ1) is 36.6. The van der Waals surface area contributed by atoms with E-state index < -0.39 is 0 Å². The standard InChI is InChI=1S/C57H49N2/c1-58-51-37-35-46-28-15-17-30-48(46)54(51)57(40-44-24-11-5-12-25-44,41-45-26-13-6-14-27-45)53(58)33-19-32-52-56(38-42-20-7-3-8-21-42,39-43-22-9-4-10-23-43)50-36-34-47-29-16-18-31-49(47)55(50)59(52)2/h3-37H,38-41H2,1-2H3/q+1. The monoisotopic (exact) mass is 761 g/mol. The highest BCUT2D eigenvalue weighted by atomic mass is 15.2. The average Bonchev–Trinajstić information content (AvgIpc) is 3.65. The van der Waals surface area contributed by atoms with E-state index in [1.54, 1.807) is 0 Å². The number of nitrogens with zero attached hydrogens (tertiary/aromatic N) is 2. The van der Waals surface area contributed by atoms with Gasteiger partial charge in [0.25, 0.3) is 0 Å². The molecule has 2 heteroatoms. The molecular weight excluding hydrogens is 713 g/mol. The molecule has 0 saturated carbocycles. The van der Waals surface area contributed by atoms with Gasteiger partial charge < -0.3 is 4.90 Å². The summed E-state index contributed by atoms with van der Waals surface area (Å²) in [7, 11) is 4.56. The van der Waals surface area contributed by atoms with Gasteiger partial charge in [0.15, 0.2) is 5.71 Å². The largest absolute Gasteiger partial charge is 0.347 e. The number of likely N-dealkylation sites (N-methyl/N-ethyl adjacent to an activating group) is 1. The van der Waals surface area contributed by atoms with E-state index in [0.717, 1.165) is 25.7 Å². The predicted molar refractivity (Wildman–Crippen MR) is 248 cm³/mol. The molecule has 2 heterocycles. The summed E-state index contributed by atoms with van der Waals surface area (Å²) in [4.78, 5) is 2.48. The van der Waals surface area contributed by atoms with E-state index in [0.29, 0.717) is 0 Å². The Bertz CT molecular complexity index is 2800. The van der Waals surface area contributed by atoms with Crippen molar-refractivity contribution in [2.75, 3.05) is 19.0 Å². The molecule has 0 atom stereocenters. The van der Waals surface area contributed by atoms with Crippen LogP contribution in [-0.2, 0) is 36.5 Å². The lowest BCUT2D eigenvalue weighted by Gasteiger charge is -2.34. The first-order chi connectivity index (χ1) is 29.0. The van der Waals surface area contributed by atoms with Crippen molar-refractivity contribution in [1.82, 2.24) is 0 Å². The van der Waals surface area contributed by atoms with E-state index in [9.17, 15) is 0 Å². The van der Waals surface area contributed by atoms with Crippen molar-refractivity contribution >= 4 is 38.6 Å². The molecule has 8 aromatic rings. The quantitative estimate of drug-likeness (QED) is 0.126. The molecule has 2 aliphatic heterocycles. The molecule has 0 N–H and O–H groups in total. The Morgan fingerprint density at radius 2 is 0.915 bits per heavy atom. The van der Waals surface area contributed by atoms with Crippen LogP contribution in [0.5, 0.6) is 0 Å². The molecule has 10 rings (SSSR count). The van der Waals surface area contributed by atoms with Crippen molar-refractivity contribution < 1.29 is 4.58 Å². The summed E-state index contributed by atoms with van der Waals surface area (Å²) in [6, 6.07) is 71.6. The van der Waals surface area contributed by atoms with Gasteiger partial charge in [0.2, 0.25) is 5.69 Å². The third-order valence-electron chi connectivity index (χ3n) is 13.1. The Balaban J connectivity index is 1.20. The van der Waals surface area contributed by atoms with E-state index in [1.807, 2.05) is 0 Å². The fourth-order valence-corrected chi connectivity index (χ4v) is 10.6. The lowest BCUT2D eigenvalue weighted by atomic mass is 9.68. The normalized spacial score (nSPS) is 16.0. The SMILES string of the molecule is CN1C(=CC=CC2=[N+](C)c3c(ccc4ccccc34)C2(Cc2ccccc2)Cc2ccccc2)C(Cc2ccccc2)(Cc2ccccc2)c2c1ccc1ccccc21. The van der Waals surface area contributed by atoms with Gasteiger partial charge in [0.1, 0.15) is 7.05 Å². The van der Waals surface area contributed by atoms with Gasteiger partial charge in [0, 0.05) is 35.5 Å². The van der Waals surface area contributed by atoms with Gasteiger partial charge in [-0.2, -0.15) is 4.58 Å². The smallest absolute Gasteiger partial charge is 0.217 e. The second-order valence-electron chi connectivity index (χ2n) is 16.6. The summed E-state index contributed by atoms with van der Waals surface area (Å²) in [6.45, 7) is 0. The molecule has 0 fully saturated rings. The van der Waals surface area contributed by atoms with Gasteiger partial charge in [-0.15, -0.1) is 0 Å². The molecule has 0 bridgehead atoms. The topological polar surface area (TPSA) is 6.25 Å². The van der Waals surface area contributed by atoms with Crippen molar-refractivity contribution in [3.05, 3.63) is 251 Å². The Morgan fingerprint density at radius 3 is 1.46 bits per heavy atom. The van der Waals surface area contributed by atoms with Gasteiger partial charge in [-0.05, 0) is 87.9 Å². The van der Waals surface area contributed by atoms with Gasteiger partial charge >= 0.3 is 0 Å². The number of hydrogen-bond acceptors (Lipinski definition) is 1. The highest BCUT2D eigenvalue weighted by Gasteiger charge is 2.51. The average molecular weight is 762 g/mol. The lowest BCUT2D eigenvalue weighted by molar-refractivity contribution is -0.400. The summed E-state index contributed by atoms with van der Waals surface area (Å²) < 4.78 is 2.50. The van der Waals surface area contributed by atoms with Crippen LogP contribution >= 0.6 is 0 Å². The van der Waals surface area contributed by atoms with Crippen molar-refractivity contribution in [2.24, 2.45) is 0 Å². The van der Waals surface area contributed by atoms with Crippen molar-refractivity contribution in [3.63, 3.8) is 0 Å². The van der Waals surface area contributed by atoms with Gasteiger partial charge in [-0.1, -0.05) is 188 Å². The Morgan fingerprint density at radius 1 is 0.475 bits per heavy atom. The molecule has 0 aliphatic carbocycles. The molecule has 0 amide bonds. The molecule has 8 aromatic carbocycles. The first-order valence-corrected chi connectivity index (χ1v) is 21.0. The van der Waals surface area contributed by atoms with Crippen LogP contribution in [0.25, 0.3) is 21.5 Å². The Kier molecular flexibility index (Phi) is 9.42. The second-order valence-corrected chi connectivity index (χ2v) is 16.6. The number of hydrogen-bond donors (Lipinski definition) is 0. The molecule has 59 heavy (non-hydrogen) atoms. The predicted octanol–water partition coefficient (Wildman–Crippen LogP) is 12.8. The second kappa shape index (κ2) is 15.2. The van der Waals surface area contributed by atoms with Gasteiger partial charge in [-0.25, -0.2) is 0 Å². The fourth-order valence-electron chi connectivity index (χ4n) is 10.6. The summed E-state index contributed by atoms with van der Waals surface area (Å²) in [5.41, 5.74) is 12.7. The molecule has 0 saturated heterocycles. The molecule has 0 aromatic heterocycles. The zero-order valence-corrected chi connectivity index (χ0v) is 33.9. The maximum absolute atomic E-state index is 2.50. The molecule has 2 nitrogen and oxygen atoms in total. The van der Waals surface area contributed by atoms with E-state index in [1.165, 1.54) is 77.7 Å². The van der Waals surface area contributed by atoms with Crippen LogP contribution in [0.4, 0.5) is 11.4 Å². The van der Waals surface area contributed by atoms with Crippen LogP contribution in [0.15, 0.2) is 218 Å². The summed E-state index contributed by atoms with van der Waals surface area (Å²) >= 11 is 0. The highest BCUT2D eigenvalue weighted by Crippen LogP contribution is 2.54. The van der Waals surface area contributed by atoms with Crippen LogP contribution in [0.3, 0.4) is 0 Å². The minimum absolute atomic E-state index is 0.308. The number of benzene rings is 8. The highest BCUT2D eigenvalue weighted by molar-refractivity contribution is 6.08. The third kappa shape index (κ3) is 6.40. The molecule has 286 valence electrons.